The lowest BCUT2D eigenvalue weighted by Gasteiger charge is -2.18. The Balaban J connectivity index is 4.07. The van der Waals surface area contributed by atoms with Gasteiger partial charge in [0.05, 0.1) is 13.5 Å². The number of carbonyl (C=O) groups is 1. The van der Waals surface area contributed by atoms with E-state index < -0.39 is 16.2 Å². The van der Waals surface area contributed by atoms with Crippen molar-refractivity contribution >= 4 is 16.2 Å². The number of carbonyl (C=O) groups excluding carboxylic acids is 1. The Bertz CT molecular complexity index is 329. The molecule has 0 saturated heterocycles. The van der Waals surface area contributed by atoms with Crippen LogP contribution in [0.2, 0.25) is 0 Å². The first-order valence-electron chi connectivity index (χ1n) is 5.22. The molecule has 0 aliphatic carbocycles. The third-order valence-electron chi connectivity index (χ3n) is 2.11. The van der Waals surface area contributed by atoms with Crippen molar-refractivity contribution in [3.8, 4) is 0 Å². The highest BCUT2D eigenvalue weighted by molar-refractivity contribution is 7.87. The number of hydrogen-bond donors (Lipinski definition) is 1. The Morgan fingerprint density at radius 3 is 2.29 bits per heavy atom. The topological polar surface area (TPSA) is 78.9 Å². The molecule has 0 rings (SSSR count). The summed E-state index contributed by atoms with van der Waals surface area (Å²) in [4.78, 5) is 12.7. The molecule has 0 aromatic rings. The van der Waals surface area contributed by atoms with Crippen molar-refractivity contribution < 1.29 is 17.9 Å². The van der Waals surface area contributed by atoms with E-state index in [9.17, 15) is 13.2 Å². The average molecular weight is 267 g/mol. The van der Waals surface area contributed by atoms with E-state index >= 15 is 0 Å². The summed E-state index contributed by atoms with van der Waals surface area (Å²) in [5.74, 6) is -0.430. The van der Waals surface area contributed by atoms with Crippen LogP contribution >= 0.6 is 0 Å². The molecular weight excluding hydrogens is 246 g/mol. The first kappa shape index (κ1) is 16.3. The molecule has 1 N–H and O–H groups in total. The highest BCUT2D eigenvalue weighted by Crippen LogP contribution is 1.96. The smallest absolute Gasteiger partial charge is 0.306 e. The maximum absolute atomic E-state index is 11.7. The normalized spacial score (nSPS) is 12.1. The SMILES string of the molecule is COC(=O)CCN(C)S(=O)(=O)NCCN(C)C. The molecule has 0 fully saturated rings. The minimum absolute atomic E-state index is 0.0432. The van der Waals surface area contributed by atoms with Crippen LogP contribution < -0.4 is 4.72 Å². The van der Waals surface area contributed by atoms with Gasteiger partial charge in [-0.25, -0.2) is 4.72 Å². The monoisotopic (exact) mass is 267 g/mol. The molecule has 0 aromatic carbocycles. The van der Waals surface area contributed by atoms with E-state index in [2.05, 4.69) is 9.46 Å². The summed E-state index contributed by atoms with van der Waals surface area (Å²) in [5, 5.41) is 0. The van der Waals surface area contributed by atoms with Gasteiger partial charge in [0, 0.05) is 26.7 Å². The third-order valence-corrected chi connectivity index (χ3v) is 3.68. The molecule has 0 aromatic heterocycles. The highest BCUT2D eigenvalue weighted by Gasteiger charge is 2.17. The summed E-state index contributed by atoms with van der Waals surface area (Å²) < 4.78 is 31.3. The lowest BCUT2D eigenvalue weighted by atomic mass is 10.4. The van der Waals surface area contributed by atoms with Gasteiger partial charge in [-0.05, 0) is 14.1 Å². The molecule has 7 nitrogen and oxygen atoms in total. The third kappa shape index (κ3) is 7.27. The van der Waals surface area contributed by atoms with Gasteiger partial charge in [-0.1, -0.05) is 0 Å². The molecule has 0 heterocycles. The maximum Gasteiger partial charge on any atom is 0.306 e. The zero-order chi connectivity index (χ0) is 13.5. The fourth-order valence-corrected chi connectivity index (χ4v) is 1.88. The summed E-state index contributed by atoms with van der Waals surface area (Å²) in [6, 6.07) is 0. The van der Waals surface area contributed by atoms with E-state index in [1.165, 1.54) is 14.2 Å². The van der Waals surface area contributed by atoms with Crippen molar-refractivity contribution in [3.05, 3.63) is 0 Å². The van der Waals surface area contributed by atoms with Crippen LogP contribution in [0, 0.1) is 0 Å². The van der Waals surface area contributed by atoms with Gasteiger partial charge in [0.15, 0.2) is 0 Å². The molecule has 0 spiro atoms. The molecule has 0 unspecified atom stereocenters. The number of methoxy groups -OCH3 is 1. The van der Waals surface area contributed by atoms with E-state index in [0.717, 1.165) is 4.31 Å². The minimum atomic E-state index is -3.51. The quantitative estimate of drug-likeness (QED) is 0.563. The summed E-state index contributed by atoms with van der Waals surface area (Å²) in [5.41, 5.74) is 0. The zero-order valence-corrected chi connectivity index (χ0v) is 11.6. The molecule has 0 atom stereocenters. The van der Waals surface area contributed by atoms with Crippen molar-refractivity contribution in [3.63, 3.8) is 0 Å². The number of nitrogens with zero attached hydrogens (tertiary/aromatic N) is 2. The lowest BCUT2D eigenvalue weighted by molar-refractivity contribution is -0.140. The van der Waals surface area contributed by atoms with Crippen LogP contribution in [0.1, 0.15) is 6.42 Å². The van der Waals surface area contributed by atoms with Gasteiger partial charge in [-0.15, -0.1) is 0 Å². The van der Waals surface area contributed by atoms with Crippen LogP contribution in [-0.2, 0) is 19.7 Å². The van der Waals surface area contributed by atoms with Crippen molar-refractivity contribution in [1.29, 1.82) is 0 Å². The van der Waals surface area contributed by atoms with E-state index in [4.69, 9.17) is 0 Å². The fraction of sp³-hybridized carbons (Fsp3) is 0.889. The summed E-state index contributed by atoms with van der Waals surface area (Å²) in [6.45, 7) is 1.05. The van der Waals surface area contributed by atoms with Crippen LogP contribution in [0.5, 0.6) is 0 Å². The zero-order valence-electron chi connectivity index (χ0n) is 10.8. The number of nitrogens with one attached hydrogen (secondary N) is 1. The van der Waals surface area contributed by atoms with E-state index in [1.807, 2.05) is 19.0 Å². The molecule has 102 valence electrons. The van der Waals surface area contributed by atoms with Crippen molar-refractivity contribution in [2.45, 2.75) is 6.42 Å². The Morgan fingerprint density at radius 2 is 1.82 bits per heavy atom. The number of hydrogen-bond acceptors (Lipinski definition) is 5. The van der Waals surface area contributed by atoms with Crippen LogP contribution in [0.4, 0.5) is 0 Å². The second kappa shape index (κ2) is 7.59. The van der Waals surface area contributed by atoms with Crippen LogP contribution in [-0.4, -0.2) is 71.5 Å². The second-order valence-electron chi connectivity index (χ2n) is 3.85. The van der Waals surface area contributed by atoms with E-state index in [1.54, 1.807) is 0 Å². The maximum atomic E-state index is 11.7. The highest BCUT2D eigenvalue weighted by atomic mass is 32.2. The molecule has 8 heteroatoms. The first-order valence-corrected chi connectivity index (χ1v) is 6.66. The molecule has 0 aliphatic rings. The van der Waals surface area contributed by atoms with Crippen LogP contribution in [0.15, 0.2) is 0 Å². The number of ether oxygens (including phenoxy) is 1. The fourth-order valence-electron chi connectivity index (χ4n) is 0.979. The summed E-state index contributed by atoms with van der Waals surface area (Å²) in [7, 11) is 2.89. The Labute approximate surface area is 103 Å². The van der Waals surface area contributed by atoms with E-state index in [0.29, 0.717) is 13.1 Å². The van der Waals surface area contributed by atoms with E-state index in [-0.39, 0.29) is 13.0 Å². The molecule has 0 aliphatic heterocycles. The number of esters is 1. The Morgan fingerprint density at radius 1 is 1.24 bits per heavy atom. The van der Waals surface area contributed by atoms with Crippen LogP contribution in [0.25, 0.3) is 0 Å². The second-order valence-corrected chi connectivity index (χ2v) is 5.71. The van der Waals surface area contributed by atoms with Crippen molar-refractivity contribution in [2.24, 2.45) is 0 Å². The van der Waals surface area contributed by atoms with Gasteiger partial charge in [0.1, 0.15) is 0 Å². The Hall–Kier alpha value is -0.700. The first-order chi connectivity index (χ1) is 7.79. The van der Waals surface area contributed by atoms with Gasteiger partial charge in [0.2, 0.25) is 0 Å². The van der Waals surface area contributed by atoms with Gasteiger partial charge in [-0.2, -0.15) is 12.7 Å². The predicted octanol–water partition coefficient (Wildman–Crippen LogP) is -1.12. The van der Waals surface area contributed by atoms with Crippen molar-refractivity contribution in [1.82, 2.24) is 13.9 Å². The Kier molecular flexibility index (Phi) is 7.28. The minimum Gasteiger partial charge on any atom is -0.469 e. The van der Waals surface area contributed by atoms with Gasteiger partial charge >= 0.3 is 5.97 Å². The average Bonchev–Trinajstić information content (AvgIpc) is 2.24. The van der Waals surface area contributed by atoms with Crippen molar-refractivity contribution in [2.75, 3.05) is 47.9 Å². The standard InChI is InChI=1S/C9H21N3O4S/c1-11(2)8-6-10-17(14,15)12(3)7-5-9(13)16-4/h10H,5-8H2,1-4H3. The van der Waals surface area contributed by atoms with Gasteiger partial charge < -0.3 is 9.64 Å². The lowest BCUT2D eigenvalue weighted by Crippen LogP contribution is -2.41. The molecule has 0 radical (unpaired) electrons. The molecule has 0 saturated carbocycles. The molecule has 0 bridgehead atoms. The molecule has 17 heavy (non-hydrogen) atoms. The summed E-state index contributed by atoms with van der Waals surface area (Å²) >= 11 is 0. The van der Waals surface area contributed by atoms with Gasteiger partial charge in [-0.3, -0.25) is 4.79 Å². The van der Waals surface area contributed by atoms with Crippen LogP contribution in [0.3, 0.4) is 0 Å². The molecular formula is C9H21N3O4S. The molecule has 0 amide bonds. The number of likely N-dealkylation sites (N-methyl/N-ethyl adjacent to an activating group) is 1. The van der Waals surface area contributed by atoms with Gasteiger partial charge in [0.25, 0.3) is 10.2 Å². The predicted molar refractivity (Wildman–Crippen MR) is 64.7 cm³/mol. The number of rotatable bonds is 8. The summed E-state index contributed by atoms with van der Waals surface area (Å²) in [6.07, 6.45) is 0.0432. The largest absolute Gasteiger partial charge is 0.469 e.